The molecule has 0 amide bonds. The Labute approximate surface area is 65.5 Å². The van der Waals surface area contributed by atoms with E-state index >= 15 is 0 Å². The zero-order chi connectivity index (χ0) is 8.85. The Hall–Kier alpha value is -0.450. The van der Waals surface area contributed by atoms with Gasteiger partial charge in [0, 0.05) is 0 Å². The van der Waals surface area contributed by atoms with Crippen molar-refractivity contribution in [3.63, 3.8) is 0 Å². The molecular weight excluding hydrogens is 148 g/mol. The van der Waals surface area contributed by atoms with Gasteiger partial charge >= 0.3 is 0 Å². The molecule has 0 aromatic rings. The van der Waals surface area contributed by atoms with E-state index in [0.29, 0.717) is 12.8 Å². The Kier molecular flexibility index (Phi) is 5.02. The van der Waals surface area contributed by atoms with Crippen molar-refractivity contribution >= 4 is 5.78 Å². The summed E-state index contributed by atoms with van der Waals surface area (Å²) in [5, 5.41) is 26.3. The Balaban J connectivity index is 3.80. The van der Waals surface area contributed by atoms with E-state index in [-0.39, 0.29) is 0 Å². The average Bonchev–Trinajstić information content (AvgIpc) is 2.02. The minimum absolute atomic E-state index is 0.368. The Bertz CT molecular complexity index is 124. The zero-order valence-electron chi connectivity index (χ0n) is 6.53. The minimum Gasteiger partial charge on any atom is -0.390 e. The summed E-state index contributed by atoms with van der Waals surface area (Å²) < 4.78 is 0. The highest BCUT2D eigenvalue weighted by Gasteiger charge is 2.21. The molecular formula is C7H14O4. The predicted molar refractivity (Wildman–Crippen MR) is 39.0 cm³/mol. The first-order valence-electron chi connectivity index (χ1n) is 3.63. The SMILES string of the molecule is CCC[C@@H](O)[C@H](O)C(=O)CO. The lowest BCUT2D eigenvalue weighted by Gasteiger charge is -2.14. The first-order chi connectivity index (χ1) is 5.13. The molecule has 0 bridgehead atoms. The van der Waals surface area contributed by atoms with Gasteiger partial charge in [-0.1, -0.05) is 13.3 Å². The monoisotopic (exact) mass is 162 g/mol. The molecule has 0 rings (SSSR count). The molecule has 0 heterocycles. The second-order valence-corrected chi connectivity index (χ2v) is 2.43. The van der Waals surface area contributed by atoms with Crippen LogP contribution in [0.3, 0.4) is 0 Å². The quantitative estimate of drug-likeness (QED) is 0.488. The summed E-state index contributed by atoms with van der Waals surface area (Å²) in [4.78, 5) is 10.6. The smallest absolute Gasteiger partial charge is 0.189 e. The van der Waals surface area contributed by atoms with Gasteiger partial charge in [-0.3, -0.25) is 4.79 Å². The van der Waals surface area contributed by atoms with Crippen molar-refractivity contribution in [3.8, 4) is 0 Å². The van der Waals surface area contributed by atoms with Gasteiger partial charge < -0.3 is 15.3 Å². The van der Waals surface area contributed by atoms with E-state index in [4.69, 9.17) is 15.3 Å². The number of aliphatic hydroxyl groups is 3. The van der Waals surface area contributed by atoms with Crippen molar-refractivity contribution in [1.82, 2.24) is 0 Å². The molecule has 0 aromatic carbocycles. The van der Waals surface area contributed by atoms with E-state index in [9.17, 15) is 4.79 Å². The maximum Gasteiger partial charge on any atom is 0.189 e. The summed E-state index contributed by atoms with van der Waals surface area (Å²) in [6, 6.07) is 0. The molecule has 4 heteroatoms. The third kappa shape index (κ3) is 3.46. The molecule has 3 N–H and O–H groups in total. The van der Waals surface area contributed by atoms with E-state index in [1.807, 2.05) is 6.92 Å². The van der Waals surface area contributed by atoms with Gasteiger partial charge in [-0.05, 0) is 6.42 Å². The summed E-state index contributed by atoms with van der Waals surface area (Å²) >= 11 is 0. The van der Waals surface area contributed by atoms with Gasteiger partial charge in [-0.25, -0.2) is 0 Å². The summed E-state index contributed by atoms with van der Waals surface area (Å²) in [6.07, 6.45) is -1.41. The van der Waals surface area contributed by atoms with Gasteiger partial charge in [0.25, 0.3) is 0 Å². The summed E-state index contributed by atoms with van der Waals surface area (Å²) in [5.41, 5.74) is 0. The van der Waals surface area contributed by atoms with Crippen LogP contribution in [0.2, 0.25) is 0 Å². The molecule has 0 aliphatic heterocycles. The molecule has 2 atom stereocenters. The lowest BCUT2D eigenvalue weighted by molar-refractivity contribution is -0.135. The average molecular weight is 162 g/mol. The number of carbonyl (C=O) groups excluding carboxylic acids is 1. The number of ketones is 1. The topological polar surface area (TPSA) is 77.8 Å². The molecule has 0 saturated heterocycles. The van der Waals surface area contributed by atoms with Crippen LogP contribution in [0.5, 0.6) is 0 Å². The van der Waals surface area contributed by atoms with Gasteiger partial charge in [0.15, 0.2) is 5.78 Å². The van der Waals surface area contributed by atoms with Crippen LogP contribution >= 0.6 is 0 Å². The third-order valence-electron chi connectivity index (χ3n) is 1.43. The Morgan fingerprint density at radius 3 is 2.36 bits per heavy atom. The molecule has 0 unspecified atom stereocenters. The number of Topliss-reactive ketones (excluding diaryl/α,β-unsaturated/α-hetero) is 1. The Morgan fingerprint density at radius 2 is 2.00 bits per heavy atom. The molecule has 0 aliphatic carbocycles. The molecule has 11 heavy (non-hydrogen) atoms. The van der Waals surface area contributed by atoms with Crippen LogP contribution in [0.1, 0.15) is 19.8 Å². The molecule has 66 valence electrons. The van der Waals surface area contributed by atoms with Crippen LogP contribution < -0.4 is 0 Å². The fourth-order valence-corrected chi connectivity index (χ4v) is 0.762. The van der Waals surface area contributed by atoms with Crippen LogP contribution in [-0.2, 0) is 4.79 Å². The van der Waals surface area contributed by atoms with E-state index < -0.39 is 24.6 Å². The fraction of sp³-hybridized carbons (Fsp3) is 0.857. The largest absolute Gasteiger partial charge is 0.390 e. The van der Waals surface area contributed by atoms with Crippen LogP contribution in [0.25, 0.3) is 0 Å². The highest BCUT2D eigenvalue weighted by molar-refractivity contribution is 5.84. The van der Waals surface area contributed by atoms with Gasteiger partial charge in [0.2, 0.25) is 0 Å². The van der Waals surface area contributed by atoms with E-state index in [2.05, 4.69) is 0 Å². The van der Waals surface area contributed by atoms with Gasteiger partial charge in [0.05, 0.1) is 6.10 Å². The maximum absolute atomic E-state index is 10.6. The van der Waals surface area contributed by atoms with Gasteiger partial charge in [-0.2, -0.15) is 0 Å². The summed E-state index contributed by atoms with van der Waals surface area (Å²) in [7, 11) is 0. The minimum atomic E-state index is -1.43. The Morgan fingerprint density at radius 1 is 1.45 bits per heavy atom. The van der Waals surface area contributed by atoms with Crippen LogP contribution in [0.4, 0.5) is 0 Å². The fourth-order valence-electron chi connectivity index (χ4n) is 0.762. The summed E-state index contributed by atoms with van der Waals surface area (Å²) in [6.45, 7) is 1.11. The molecule has 0 aromatic heterocycles. The number of aliphatic hydroxyl groups excluding tert-OH is 3. The molecule has 0 spiro atoms. The van der Waals surface area contributed by atoms with E-state index in [0.717, 1.165) is 0 Å². The first-order valence-corrected chi connectivity index (χ1v) is 3.63. The lowest BCUT2D eigenvalue weighted by atomic mass is 10.1. The van der Waals surface area contributed by atoms with Crippen molar-refractivity contribution in [2.75, 3.05) is 6.61 Å². The second kappa shape index (κ2) is 5.23. The van der Waals surface area contributed by atoms with Crippen molar-refractivity contribution < 1.29 is 20.1 Å². The van der Waals surface area contributed by atoms with Gasteiger partial charge in [0.1, 0.15) is 12.7 Å². The molecule has 0 saturated carbocycles. The number of hydrogen-bond donors (Lipinski definition) is 3. The van der Waals surface area contributed by atoms with Gasteiger partial charge in [-0.15, -0.1) is 0 Å². The van der Waals surface area contributed by atoms with Crippen molar-refractivity contribution in [2.24, 2.45) is 0 Å². The summed E-state index contributed by atoms with van der Waals surface area (Å²) in [5.74, 6) is -0.731. The lowest BCUT2D eigenvalue weighted by Crippen LogP contribution is -2.35. The molecule has 0 radical (unpaired) electrons. The molecule has 0 fully saturated rings. The van der Waals surface area contributed by atoms with Crippen LogP contribution in [-0.4, -0.2) is 39.9 Å². The van der Waals surface area contributed by atoms with E-state index in [1.165, 1.54) is 0 Å². The highest BCUT2D eigenvalue weighted by Crippen LogP contribution is 2.02. The zero-order valence-corrected chi connectivity index (χ0v) is 6.53. The standard InChI is InChI=1S/C7H14O4/c1-2-3-5(9)7(11)6(10)4-8/h5,7-9,11H,2-4H2,1H3/t5-,7+/m1/s1. The van der Waals surface area contributed by atoms with Crippen LogP contribution in [0.15, 0.2) is 0 Å². The third-order valence-corrected chi connectivity index (χ3v) is 1.43. The van der Waals surface area contributed by atoms with E-state index in [1.54, 1.807) is 0 Å². The van der Waals surface area contributed by atoms with Crippen molar-refractivity contribution in [1.29, 1.82) is 0 Å². The number of hydrogen-bond acceptors (Lipinski definition) is 4. The number of carbonyl (C=O) groups is 1. The molecule has 0 aliphatic rings. The highest BCUT2D eigenvalue weighted by atomic mass is 16.3. The number of rotatable bonds is 5. The predicted octanol–water partition coefficient (Wildman–Crippen LogP) is -0.930. The molecule has 4 nitrogen and oxygen atoms in total. The maximum atomic E-state index is 10.6. The van der Waals surface area contributed by atoms with Crippen molar-refractivity contribution in [2.45, 2.75) is 32.0 Å². The first kappa shape index (κ1) is 10.6. The normalized spacial score (nSPS) is 16.0. The van der Waals surface area contributed by atoms with Crippen molar-refractivity contribution in [3.05, 3.63) is 0 Å². The van der Waals surface area contributed by atoms with Crippen LogP contribution in [0, 0.1) is 0 Å². The second-order valence-electron chi connectivity index (χ2n) is 2.43.